The predicted molar refractivity (Wildman–Crippen MR) is 88.5 cm³/mol. The topological polar surface area (TPSA) is 86.7 Å². The number of nitrogens with zero attached hydrogens (tertiary/aromatic N) is 1. The summed E-state index contributed by atoms with van der Waals surface area (Å²) in [6.07, 6.45) is 0. The third-order valence-electron chi connectivity index (χ3n) is 3.47. The fraction of sp³-hybridized carbons (Fsp3) is 0.312. The molecule has 0 fully saturated rings. The van der Waals surface area contributed by atoms with Crippen LogP contribution in [0.4, 0.5) is 0 Å². The number of benzene rings is 2. The first-order valence-electron chi connectivity index (χ1n) is 7.35. The molecule has 0 spiro atoms. The highest BCUT2D eigenvalue weighted by molar-refractivity contribution is 7.89. The second-order valence-electron chi connectivity index (χ2n) is 5.01. The molecule has 0 aromatic heterocycles. The smallest absolute Gasteiger partial charge is 0.243 e. The maximum absolute atomic E-state index is 12.7. The van der Waals surface area contributed by atoms with E-state index in [0.717, 1.165) is 15.1 Å². The summed E-state index contributed by atoms with van der Waals surface area (Å²) in [6, 6.07) is 12.4. The number of aliphatic hydroxyl groups is 1. The van der Waals surface area contributed by atoms with Gasteiger partial charge in [-0.2, -0.15) is 4.31 Å². The molecule has 23 heavy (non-hydrogen) atoms. The molecule has 124 valence electrons. The maximum atomic E-state index is 12.7. The van der Waals surface area contributed by atoms with Crippen LogP contribution in [-0.4, -0.2) is 50.0 Å². The third-order valence-corrected chi connectivity index (χ3v) is 5.38. The van der Waals surface area contributed by atoms with Gasteiger partial charge in [0, 0.05) is 13.1 Å². The lowest BCUT2D eigenvalue weighted by Crippen LogP contribution is -2.41. The van der Waals surface area contributed by atoms with Crippen molar-refractivity contribution in [2.75, 3.05) is 26.2 Å². The normalized spacial score (nSPS) is 11.8. The Hall–Kier alpha value is -1.96. The van der Waals surface area contributed by atoms with Gasteiger partial charge < -0.3 is 10.4 Å². The van der Waals surface area contributed by atoms with E-state index in [2.05, 4.69) is 5.32 Å². The summed E-state index contributed by atoms with van der Waals surface area (Å²) in [4.78, 5) is 11.9. The van der Waals surface area contributed by atoms with Crippen molar-refractivity contribution in [2.45, 2.75) is 11.8 Å². The largest absolute Gasteiger partial charge is 0.395 e. The SMILES string of the molecule is CCN(CC(=O)NCCO)S(=O)(=O)c1ccc2ccccc2c1. The summed E-state index contributed by atoms with van der Waals surface area (Å²) in [6.45, 7) is 1.51. The minimum atomic E-state index is -3.75. The number of hydrogen-bond donors (Lipinski definition) is 2. The van der Waals surface area contributed by atoms with E-state index >= 15 is 0 Å². The lowest BCUT2D eigenvalue weighted by molar-refractivity contribution is -0.121. The maximum Gasteiger partial charge on any atom is 0.243 e. The lowest BCUT2D eigenvalue weighted by Gasteiger charge is -2.20. The fourth-order valence-electron chi connectivity index (χ4n) is 2.26. The number of carbonyl (C=O) groups is 1. The van der Waals surface area contributed by atoms with Crippen LogP contribution in [-0.2, 0) is 14.8 Å². The van der Waals surface area contributed by atoms with Gasteiger partial charge in [-0.25, -0.2) is 8.42 Å². The van der Waals surface area contributed by atoms with Gasteiger partial charge in [0.15, 0.2) is 0 Å². The summed E-state index contributed by atoms with van der Waals surface area (Å²) in [5.41, 5.74) is 0. The van der Waals surface area contributed by atoms with Gasteiger partial charge in [-0.3, -0.25) is 4.79 Å². The van der Waals surface area contributed by atoms with E-state index in [-0.39, 0.29) is 31.1 Å². The Morgan fingerprint density at radius 3 is 2.52 bits per heavy atom. The van der Waals surface area contributed by atoms with Crippen molar-refractivity contribution in [2.24, 2.45) is 0 Å². The zero-order valence-corrected chi connectivity index (χ0v) is 13.7. The van der Waals surface area contributed by atoms with Crippen molar-refractivity contribution in [3.05, 3.63) is 42.5 Å². The molecule has 0 atom stereocenters. The standard InChI is InChI=1S/C16H20N2O4S/c1-2-18(12-16(20)17-9-10-19)23(21,22)15-8-7-13-5-3-4-6-14(13)11-15/h3-8,11,19H,2,9-10,12H2,1H3,(H,17,20). The summed E-state index contributed by atoms with van der Waals surface area (Å²) in [7, 11) is -3.75. The first-order valence-corrected chi connectivity index (χ1v) is 8.79. The number of sulfonamides is 1. The molecule has 0 aliphatic carbocycles. The van der Waals surface area contributed by atoms with Crippen molar-refractivity contribution in [1.29, 1.82) is 0 Å². The summed E-state index contributed by atoms with van der Waals surface area (Å²) >= 11 is 0. The molecule has 0 aliphatic heterocycles. The minimum absolute atomic E-state index is 0.104. The van der Waals surface area contributed by atoms with E-state index in [1.165, 1.54) is 0 Å². The molecule has 2 rings (SSSR count). The molecular weight excluding hydrogens is 316 g/mol. The Morgan fingerprint density at radius 1 is 1.17 bits per heavy atom. The number of nitrogens with one attached hydrogen (secondary N) is 1. The van der Waals surface area contributed by atoms with Crippen molar-refractivity contribution < 1.29 is 18.3 Å². The highest BCUT2D eigenvalue weighted by Crippen LogP contribution is 2.21. The molecule has 6 nitrogen and oxygen atoms in total. The molecule has 2 N–H and O–H groups in total. The fourth-order valence-corrected chi connectivity index (χ4v) is 3.70. The van der Waals surface area contributed by atoms with Crippen LogP contribution in [0, 0.1) is 0 Å². The molecule has 0 radical (unpaired) electrons. The van der Waals surface area contributed by atoms with Gasteiger partial charge in [-0.15, -0.1) is 0 Å². The van der Waals surface area contributed by atoms with Gasteiger partial charge >= 0.3 is 0 Å². The van der Waals surface area contributed by atoms with Crippen molar-refractivity contribution in [3.8, 4) is 0 Å². The summed E-state index contributed by atoms with van der Waals surface area (Å²) in [5, 5.41) is 12.9. The van der Waals surface area contributed by atoms with Crippen molar-refractivity contribution >= 4 is 26.7 Å². The van der Waals surface area contributed by atoms with Gasteiger partial charge in [0.05, 0.1) is 18.0 Å². The Bertz CT molecular complexity index is 790. The zero-order valence-electron chi connectivity index (χ0n) is 12.9. The molecule has 0 saturated heterocycles. The van der Waals surface area contributed by atoms with Crippen LogP contribution in [0.15, 0.2) is 47.4 Å². The monoisotopic (exact) mass is 336 g/mol. The van der Waals surface area contributed by atoms with Crippen molar-refractivity contribution in [3.63, 3.8) is 0 Å². The van der Waals surface area contributed by atoms with Crippen molar-refractivity contribution in [1.82, 2.24) is 9.62 Å². The Morgan fingerprint density at radius 2 is 1.87 bits per heavy atom. The van der Waals surface area contributed by atoms with Crippen LogP contribution < -0.4 is 5.32 Å². The number of likely N-dealkylation sites (N-methyl/N-ethyl adjacent to an activating group) is 1. The Balaban J connectivity index is 2.27. The van der Waals surface area contributed by atoms with E-state index in [4.69, 9.17) is 5.11 Å². The van der Waals surface area contributed by atoms with Crippen LogP contribution in [0.5, 0.6) is 0 Å². The van der Waals surface area contributed by atoms with Crippen LogP contribution in [0.1, 0.15) is 6.92 Å². The van der Waals surface area contributed by atoms with Gasteiger partial charge in [-0.05, 0) is 22.9 Å². The number of amides is 1. The van der Waals surface area contributed by atoms with E-state index in [9.17, 15) is 13.2 Å². The minimum Gasteiger partial charge on any atom is -0.395 e. The van der Waals surface area contributed by atoms with Gasteiger partial charge in [0.25, 0.3) is 0 Å². The average Bonchev–Trinajstić information content (AvgIpc) is 2.57. The number of aliphatic hydroxyl groups excluding tert-OH is 1. The molecule has 0 bridgehead atoms. The molecule has 2 aromatic carbocycles. The molecule has 0 saturated carbocycles. The van der Waals surface area contributed by atoms with E-state index in [0.29, 0.717) is 0 Å². The quantitative estimate of drug-likeness (QED) is 0.788. The number of fused-ring (bicyclic) bond motifs is 1. The second kappa shape index (κ2) is 7.54. The zero-order chi connectivity index (χ0) is 16.9. The van der Waals surface area contributed by atoms with Gasteiger partial charge in [0.2, 0.25) is 15.9 Å². The molecule has 1 amide bonds. The Labute approximate surface area is 135 Å². The van der Waals surface area contributed by atoms with Crippen LogP contribution in [0.3, 0.4) is 0 Å². The van der Waals surface area contributed by atoms with Crippen LogP contribution >= 0.6 is 0 Å². The number of rotatable bonds is 7. The first kappa shape index (κ1) is 17.4. The first-order chi connectivity index (χ1) is 11.0. The van der Waals surface area contributed by atoms with E-state index < -0.39 is 15.9 Å². The van der Waals surface area contributed by atoms with Gasteiger partial charge in [0.1, 0.15) is 0 Å². The van der Waals surface area contributed by atoms with Crippen LogP contribution in [0.2, 0.25) is 0 Å². The lowest BCUT2D eigenvalue weighted by atomic mass is 10.1. The second-order valence-corrected chi connectivity index (χ2v) is 6.95. The number of hydrogen-bond acceptors (Lipinski definition) is 4. The highest BCUT2D eigenvalue weighted by Gasteiger charge is 2.25. The molecule has 0 aliphatic rings. The molecule has 2 aromatic rings. The summed E-state index contributed by atoms with van der Waals surface area (Å²) in [5.74, 6) is -0.440. The molecule has 0 unspecified atom stereocenters. The average molecular weight is 336 g/mol. The predicted octanol–water partition coefficient (Wildman–Crippen LogP) is 0.959. The van der Waals surface area contributed by atoms with Gasteiger partial charge in [-0.1, -0.05) is 37.3 Å². The highest BCUT2D eigenvalue weighted by atomic mass is 32.2. The van der Waals surface area contributed by atoms with Crippen LogP contribution in [0.25, 0.3) is 10.8 Å². The third kappa shape index (κ3) is 4.07. The number of carbonyl (C=O) groups excluding carboxylic acids is 1. The van der Waals surface area contributed by atoms with E-state index in [1.54, 1.807) is 25.1 Å². The summed E-state index contributed by atoms with van der Waals surface area (Å²) < 4.78 is 26.5. The molecular formula is C16H20N2O4S. The van der Waals surface area contributed by atoms with E-state index in [1.807, 2.05) is 24.3 Å². The molecule has 0 heterocycles. The Kier molecular flexibility index (Phi) is 5.70. The molecule has 7 heteroatoms.